The van der Waals surface area contributed by atoms with Crippen LogP contribution in [-0.4, -0.2) is 12.7 Å². The Morgan fingerprint density at radius 2 is 1.76 bits per heavy atom. The van der Waals surface area contributed by atoms with Crippen LogP contribution in [-0.2, 0) is 11.3 Å². The number of alkyl halides is 4. The molecule has 0 amide bonds. The lowest BCUT2D eigenvalue weighted by Crippen LogP contribution is -2.26. The van der Waals surface area contributed by atoms with E-state index >= 15 is 0 Å². The van der Waals surface area contributed by atoms with Crippen molar-refractivity contribution in [2.24, 2.45) is 11.8 Å². The van der Waals surface area contributed by atoms with E-state index in [-0.39, 0.29) is 24.7 Å². The molecule has 0 bridgehead atoms. The monoisotopic (exact) mass is 360 g/mol. The molecule has 25 heavy (non-hydrogen) atoms. The summed E-state index contributed by atoms with van der Waals surface area (Å²) in [5, 5.41) is 0. The number of allylic oxidation sites excluding steroid dienone is 2. The fourth-order valence-electron chi connectivity index (χ4n) is 3.21. The van der Waals surface area contributed by atoms with E-state index in [0.29, 0.717) is 11.5 Å². The summed E-state index contributed by atoms with van der Waals surface area (Å²) in [5.74, 6) is 0.464. The molecule has 140 valence electrons. The predicted molar refractivity (Wildman–Crippen MR) is 87.7 cm³/mol. The number of hydrogen-bond acceptors (Lipinski definition) is 2. The van der Waals surface area contributed by atoms with Crippen molar-refractivity contribution in [2.45, 2.75) is 58.4 Å². The van der Waals surface area contributed by atoms with Crippen LogP contribution in [0, 0.1) is 11.8 Å². The van der Waals surface area contributed by atoms with Crippen molar-refractivity contribution in [3.63, 3.8) is 0 Å². The van der Waals surface area contributed by atoms with E-state index in [4.69, 9.17) is 4.74 Å². The van der Waals surface area contributed by atoms with Crippen LogP contribution in [0.5, 0.6) is 5.75 Å². The second-order valence-electron chi connectivity index (χ2n) is 6.46. The highest BCUT2D eigenvalue weighted by atomic mass is 19.3. The maximum Gasteiger partial charge on any atom is 0.387 e. The van der Waals surface area contributed by atoms with Gasteiger partial charge in [-0.25, -0.2) is 0 Å². The Kier molecular flexibility index (Phi) is 7.29. The van der Waals surface area contributed by atoms with Crippen molar-refractivity contribution in [1.29, 1.82) is 0 Å². The Balaban J connectivity index is 1.77. The van der Waals surface area contributed by atoms with Gasteiger partial charge in [0.2, 0.25) is 0 Å². The van der Waals surface area contributed by atoms with Crippen molar-refractivity contribution < 1.29 is 27.0 Å². The summed E-state index contributed by atoms with van der Waals surface area (Å²) in [6, 6.07) is 5.50. The first-order valence-corrected chi connectivity index (χ1v) is 8.56. The molecule has 1 aliphatic carbocycles. The van der Waals surface area contributed by atoms with Crippen LogP contribution in [0.4, 0.5) is 17.6 Å². The SMILES string of the molecule is CC=C[C@H]1CC[C@H](CC(F)(F)OCc2ccc(OC(F)F)cc2)CC1. The first-order chi connectivity index (χ1) is 11.9. The summed E-state index contributed by atoms with van der Waals surface area (Å²) < 4.78 is 61.2. The Bertz CT molecular complexity index is 535. The van der Waals surface area contributed by atoms with Gasteiger partial charge in [-0.3, -0.25) is 0 Å². The van der Waals surface area contributed by atoms with Gasteiger partial charge in [-0.2, -0.15) is 17.6 Å². The molecule has 6 heteroatoms. The number of hydrogen-bond donors (Lipinski definition) is 0. The topological polar surface area (TPSA) is 18.5 Å². The van der Waals surface area contributed by atoms with Gasteiger partial charge >= 0.3 is 12.7 Å². The molecule has 1 aromatic rings. The van der Waals surface area contributed by atoms with E-state index in [1.54, 1.807) is 0 Å². The minimum atomic E-state index is -3.18. The molecule has 0 atom stereocenters. The molecule has 0 aromatic heterocycles. The van der Waals surface area contributed by atoms with Gasteiger partial charge in [-0.15, -0.1) is 0 Å². The van der Waals surface area contributed by atoms with Gasteiger partial charge in [-0.1, -0.05) is 24.3 Å². The fraction of sp³-hybridized carbons (Fsp3) is 0.579. The Labute approximate surface area is 145 Å². The zero-order chi connectivity index (χ0) is 18.3. The standard InChI is InChI=1S/C19H24F4O2/c1-2-3-14-4-6-15(7-5-14)12-19(22,23)24-13-16-8-10-17(11-9-16)25-18(20)21/h2-3,8-11,14-15,18H,4-7,12-13H2,1H3/t14-,15-. The molecule has 0 N–H and O–H groups in total. The summed E-state index contributed by atoms with van der Waals surface area (Å²) in [6.45, 7) is -1.20. The van der Waals surface area contributed by atoms with E-state index < -0.39 is 12.7 Å². The summed E-state index contributed by atoms with van der Waals surface area (Å²) >= 11 is 0. The Morgan fingerprint density at radius 3 is 2.32 bits per heavy atom. The Morgan fingerprint density at radius 1 is 1.12 bits per heavy atom. The summed E-state index contributed by atoms with van der Waals surface area (Å²) in [5.41, 5.74) is 0.484. The van der Waals surface area contributed by atoms with Crippen LogP contribution in [0.1, 0.15) is 44.6 Å². The van der Waals surface area contributed by atoms with Gasteiger partial charge in [0.05, 0.1) is 6.61 Å². The lowest BCUT2D eigenvalue weighted by Gasteiger charge is -2.29. The molecule has 0 saturated heterocycles. The van der Waals surface area contributed by atoms with Crippen LogP contribution < -0.4 is 4.74 Å². The molecule has 0 spiro atoms. The maximum absolute atomic E-state index is 14.0. The molecule has 1 aromatic carbocycles. The molecule has 0 radical (unpaired) electrons. The molecule has 1 fully saturated rings. The average molecular weight is 360 g/mol. The smallest absolute Gasteiger partial charge is 0.387 e. The predicted octanol–water partition coefficient (Wildman–Crippen LogP) is 6.17. The zero-order valence-corrected chi connectivity index (χ0v) is 14.3. The number of ether oxygens (including phenoxy) is 2. The van der Waals surface area contributed by atoms with Gasteiger partial charge in [0, 0.05) is 6.42 Å². The second kappa shape index (κ2) is 9.22. The Hall–Kier alpha value is -1.56. The van der Waals surface area contributed by atoms with E-state index in [2.05, 4.69) is 10.8 Å². The summed E-state index contributed by atoms with van der Waals surface area (Å²) in [7, 11) is 0. The van der Waals surface area contributed by atoms with Crippen molar-refractivity contribution in [2.75, 3.05) is 0 Å². The van der Waals surface area contributed by atoms with E-state index in [9.17, 15) is 17.6 Å². The first kappa shape index (κ1) is 19.8. The normalized spacial score (nSPS) is 21.8. The lowest BCUT2D eigenvalue weighted by atomic mass is 9.80. The minimum absolute atomic E-state index is 0.0107. The number of rotatable bonds is 8. The maximum atomic E-state index is 14.0. The number of halogens is 4. The van der Waals surface area contributed by atoms with Crippen molar-refractivity contribution in [3.8, 4) is 5.75 Å². The van der Waals surface area contributed by atoms with Crippen LogP contribution in [0.25, 0.3) is 0 Å². The van der Waals surface area contributed by atoms with Crippen LogP contribution in [0.15, 0.2) is 36.4 Å². The highest BCUT2D eigenvalue weighted by molar-refractivity contribution is 5.26. The van der Waals surface area contributed by atoms with Crippen molar-refractivity contribution in [1.82, 2.24) is 0 Å². The van der Waals surface area contributed by atoms with Gasteiger partial charge in [0.25, 0.3) is 0 Å². The lowest BCUT2D eigenvalue weighted by molar-refractivity contribution is -0.256. The highest BCUT2D eigenvalue weighted by Gasteiger charge is 2.35. The van der Waals surface area contributed by atoms with Gasteiger partial charge < -0.3 is 9.47 Å². The third-order valence-electron chi connectivity index (χ3n) is 4.48. The highest BCUT2D eigenvalue weighted by Crippen LogP contribution is 2.37. The van der Waals surface area contributed by atoms with Gasteiger partial charge in [0.1, 0.15) is 5.75 Å². The number of benzene rings is 1. The molecular weight excluding hydrogens is 336 g/mol. The minimum Gasteiger partial charge on any atom is -0.435 e. The van der Waals surface area contributed by atoms with Crippen LogP contribution in [0.2, 0.25) is 0 Å². The average Bonchev–Trinajstić information content (AvgIpc) is 2.56. The molecule has 0 heterocycles. The fourth-order valence-corrected chi connectivity index (χ4v) is 3.21. The first-order valence-electron chi connectivity index (χ1n) is 8.56. The second-order valence-corrected chi connectivity index (χ2v) is 6.46. The summed E-state index contributed by atoms with van der Waals surface area (Å²) in [6.07, 6.45) is 4.15. The van der Waals surface area contributed by atoms with Crippen molar-refractivity contribution >= 4 is 0 Å². The third kappa shape index (κ3) is 7.06. The van der Waals surface area contributed by atoms with E-state index in [0.717, 1.165) is 25.7 Å². The molecule has 0 unspecified atom stereocenters. The van der Waals surface area contributed by atoms with Gasteiger partial charge in [0.15, 0.2) is 0 Å². The molecule has 2 rings (SSSR count). The third-order valence-corrected chi connectivity index (χ3v) is 4.48. The quantitative estimate of drug-likeness (QED) is 0.408. The molecule has 0 aliphatic heterocycles. The van der Waals surface area contributed by atoms with Crippen LogP contribution in [0.3, 0.4) is 0 Å². The van der Waals surface area contributed by atoms with Crippen molar-refractivity contribution in [3.05, 3.63) is 42.0 Å². The van der Waals surface area contributed by atoms with E-state index in [1.165, 1.54) is 24.3 Å². The van der Waals surface area contributed by atoms with E-state index in [1.807, 2.05) is 13.0 Å². The molecule has 1 saturated carbocycles. The van der Waals surface area contributed by atoms with Crippen LogP contribution >= 0.6 is 0 Å². The molecule has 1 aliphatic rings. The van der Waals surface area contributed by atoms with Gasteiger partial charge in [-0.05, 0) is 62.1 Å². The largest absolute Gasteiger partial charge is 0.435 e. The summed E-state index contributed by atoms with van der Waals surface area (Å²) in [4.78, 5) is 0. The zero-order valence-electron chi connectivity index (χ0n) is 14.3. The molecule has 2 nitrogen and oxygen atoms in total. The molecular formula is C19H24F4O2.